The lowest BCUT2D eigenvalue weighted by molar-refractivity contribution is 0.252. The van der Waals surface area contributed by atoms with Gasteiger partial charge in [0.15, 0.2) is 0 Å². The predicted octanol–water partition coefficient (Wildman–Crippen LogP) is 2.17. The minimum Gasteiger partial charge on any atom is -0.468 e. The topological polar surface area (TPSA) is 100 Å². The first-order valence-electron chi connectivity index (χ1n) is 6.75. The number of benzene rings is 1. The molecule has 2 aromatic rings. The Kier molecular flexibility index (Phi) is 6.03. The summed E-state index contributed by atoms with van der Waals surface area (Å²) in [5.74, 6) is 0.275. The molecular formula is C14H16ClN3O4S. The molecule has 124 valence electrons. The molecule has 0 aliphatic heterocycles. The summed E-state index contributed by atoms with van der Waals surface area (Å²) in [6.07, 6.45) is 1.46. The minimum absolute atomic E-state index is 0.0279. The standard InChI is InChI=1S/C14H16ClN3O4S/c15-11-3-1-4-12(9-11)18-14(19)16-6-8-23(20,21)17-10-13-5-2-7-22-13/h1-5,7,9,17H,6,8,10H2,(H2,16,18,19). The molecule has 1 aromatic carbocycles. The molecule has 1 heterocycles. The number of hydrogen-bond acceptors (Lipinski definition) is 4. The van der Waals surface area contributed by atoms with Crippen LogP contribution in [0.1, 0.15) is 5.76 Å². The van der Waals surface area contributed by atoms with Gasteiger partial charge in [-0.3, -0.25) is 0 Å². The number of hydrogen-bond donors (Lipinski definition) is 3. The number of furan rings is 1. The van der Waals surface area contributed by atoms with Gasteiger partial charge in [0, 0.05) is 17.3 Å². The van der Waals surface area contributed by atoms with Crippen molar-refractivity contribution in [1.29, 1.82) is 0 Å². The molecule has 0 radical (unpaired) electrons. The molecule has 0 spiro atoms. The molecule has 0 saturated carbocycles. The lowest BCUT2D eigenvalue weighted by atomic mass is 10.3. The molecule has 0 saturated heterocycles. The van der Waals surface area contributed by atoms with Crippen molar-refractivity contribution >= 4 is 33.3 Å². The van der Waals surface area contributed by atoms with Gasteiger partial charge in [0.05, 0.1) is 18.6 Å². The molecule has 3 N–H and O–H groups in total. The molecular weight excluding hydrogens is 342 g/mol. The Morgan fingerprint density at radius 1 is 1.22 bits per heavy atom. The van der Waals surface area contributed by atoms with Crippen LogP contribution >= 0.6 is 11.6 Å². The number of amides is 2. The average molecular weight is 358 g/mol. The number of rotatable bonds is 7. The van der Waals surface area contributed by atoms with E-state index < -0.39 is 16.1 Å². The molecule has 1 aromatic heterocycles. The zero-order valence-electron chi connectivity index (χ0n) is 12.1. The number of halogens is 1. The summed E-state index contributed by atoms with van der Waals surface area (Å²) in [4.78, 5) is 11.7. The van der Waals surface area contributed by atoms with Gasteiger partial charge in [-0.1, -0.05) is 17.7 Å². The van der Waals surface area contributed by atoms with Crippen LogP contribution in [0.2, 0.25) is 5.02 Å². The van der Waals surface area contributed by atoms with E-state index in [2.05, 4.69) is 15.4 Å². The Labute approximate surface area is 139 Å². The summed E-state index contributed by atoms with van der Waals surface area (Å²) in [5, 5.41) is 5.52. The summed E-state index contributed by atoms with van der Waals surface area (Å²) < 4.78 is 30.9. The van der Waals surface area contributed by atoms with Gasteiger partial charge in [-0.25, -0.2) is 17.9 Å². The third-order valence-corrected chi connectivity index (χ3v) is 4.35. The number of sulfonamides is 1. The molecule has 2 rings (SSSR count). The van der Waals surface area contributed by atoms with Crippen LogP contribution in [0.15, 0.2) is 47.1 Å². The highest BCUT2D eigenvalue weighted by Crippen LogP contribution is 2.14. The Hall–Kier alpha value is -2.03. The van der Waals surface area contributed by atoms with Crippen LogP contribution in [0.25, 0.3) is 0 Å². The molecule has 23 heavy (non-hydrogen) atoms. The number of carbonyl (C=O) groups excluding carboxylic acids is 1. The van der Waals surface area contributed by atoms with Gasteiger partial charge in [0.25, 0.3) is 0 Å². The lowest BCUT2D eigenvalue weighted by Crippen LogP contribution is -2.36. The van der Waals surface area contributed by atoms with Gasteiger partial charge in [-0.15, -0.1) is 0 Å². The molecule has 0 atom stereocenters. The number of urea groups is 1. The van der Waals surface area contributed by atoms with Crippen molar-refractivity contribution in [3.63, 3.8) is 0 Å². The van der Waals surface area contributed by atoms with Crippen LogP contribution in [0, 0.1) is 0 Å². The van der Waals surface area contributed by atoms with E-state index in [-0.39, 0.29) is 18.8 Å². The monoisotopic (exact) mass is 357 g/mol. The van der Waals surface area contributed by atoms with Crippen LogP contribution in [0.3, 0.4) is 0 Å². The van der Waals surface area contributed by atoms with Gasteiger partial charge in [0.2, 0.25) is 10.0 Å². The highest BCUT2D eigenvalue weighted by atomic mass is 35.5. The van der Waals surface area contributed by atoms with Crippen molar-refractivity contribution in [3.8, 4) is 0 Å². The fourth-order valence-corrected chi connectivity index (χ4v) is 2.77. The molecule has 0 fully saturated rings. The van der Waals surface area contributed by atoms with Gasteiger partial charge in [-0.05, 0) is 30.3 Å². The first-order chi connectivity index (χ1) is 10.9. The number of anilines is 1. The highest BCUT2D eigenvalue weighted by molar-refractivity contribution is 7.89. The third-order valence-electron chi connectivity index (χ3n) is 2.79. The van der Waals surface area contributed by atoms with Crippen LogP contribution in [-0.4, -0.2) is 26.7 Å². The predicted molar refractivity (Wildman–Crippen MR) is 87.8 cm³/mol. The van der Waals surface area contributed by atoms with Gasteiger partial charge < -0.3 is 15.1 Å². The second kappa shape index (κ2) is 8.00. The summed E-state index contributed by atoms with van der Waals surface area (Å²) in [7, 11) is -3.51. The fraction of sp³-hybridized carbons (Fsp3) is 0.214. The molecule has 2 amide bonds. The summed E-state index contributed by atoms with van der Waals surface area (Å²) in [6, 6.07) is 9.47. The average Bonchev–Trinajstić information content (AvgIpc) is 2.98. The van der Waals surface area contributed by atoms with Crippen LogP contribution in [0.4, 0.5) is 10.5 Å². The van der Waals surface area contributed by atoms with Gasteiger partial charge in [-0.2, -0.15) is 0 Å². The Bertz CT molecular complexity index is 747. The zero-order valence-corrected chi connectivity index (χ0v) is 13.7. The Balaban J connectivity index is 1.71. The maximum absolute atomic E-state index is 11.8. The molecule has 7 nitrogen and oxygen atoms in total. The van der Waals surface area contributed by atoms with Gasteiger partial charge >= 0.3 is 6.03 Å². The maximum Gasteiger partial charge on any atom is 0.319 e. The zero-order chi connectivity index (χ0) is 16.7. The smallest absolute Gasteiger partial charge is 0.319 e. The minimum atomic E-state index is -3.51. The SMILES string of the molecule is O=C(NCCS(=O)(=O)NCc1ccco1)Nc1cccc(Cl)c1. The first kappa shape index (κ1) is 17.3. The fourth-order valence-electron chi connectivity index (χ4n) is 1.71. The quantitative estimate of drug-likeness (QED) is 0.707. The van der Waals surface area contributed by atoms with Crippen molar-refractivity contribution in [2.75, 3.05) is 17.6 Å². The Morgan fingerprint density at radius 3 is 2.74 bits per heavy atom. The second-order valence-electron chi connectivity index (χ2n) is 4.61. The molecule has 0 bridgehead atoms. The van der Waals surface area contributed by atoms with Gasteiger partial charge in [0.1, 0.15) is 5.76 Å². The van der Waals surface area contributed by atoms with E-state index in [1.54, 1.807) is 36.4 Å². The summed E-state index contributed by atoms with van der Waals surface area (Å²) in [5.41, 5.74) is 0.522. The van der Waals surface area contributed by atoms with E-state index >= 15 is 0 Å². The second-order valence-corrected chi connectivity index (χ2v) is 6.97. The van der Waals surface area contributed by atoms with E-state index in [1.807, 2.05) is 0 Å². The summed E-state index contributed by atoms with van der Waals surface area (Å²) >= 11 is 5.80. The largest absolute Gasteiger partial charge is 0.468 e. The summed E-state index contributed by atoms with van der Waals surface area (Å²) in [6.45, 7) is 0.0456. The van der Waals surface area contributed by atoms with Crippen molar-refractivity contribution < 1.29 is 17.6 Å². The van der Waals surface area contributed by atoms with Crippen LogP contribution < -0.4 is 15.4 Å². The highest BCUT2D eigenvalue weighted by Gasteiger charge is 2.11. The first-order valence-corrected chi connectivity index (χ1v) is 8.78. The molecule has 0 unspecified atom stereocenters. The normalized spacial score (nSPS) is 11.2. The third kappa shape index (κ3) is 6.31. The van der Waals surface area contributed by atoms with Crippen molar-refractivity contribution in [2.45, 2.75) is 6.54 Å². The molecule has 0 aliphatic carbocycles. The van der Waals surface area contributed by atoms with E-state index in [9.17, 15) is 13.2 Å². The van der Waals surface area contributed by atoms with E-state index in [1.165, 1.54) is 6.26 Å². The maximum atomic E-state index is 11.8. The number of nitrogens with one attached hydrogen (secondary N) is 3. The molecule has 0 aliphatic rings. The van der Waals surface area contributed by atoms with E-state index in [0.717, 1.165) is 0 Å². The van der Waals surface area contributed by atoms with Crippen molar-refractivity contribution in [2.24, 2.45) is 0 Å². The van der Waals surface area contributed by atoms with Crippen molar-refractivity contribution in [1.82, 2.24) is 10.0 Å². The van der Waals surface area contributed by atoms with E-state index in [0.29, 0.717) is 16.5 Å². The van der Waals surface area contributed by atoms with E-state index in [4.69, 9.17) is 16.0 Å². The lowest BCUT2D eigenvalue weighted by Gasteiger charge is -2.09. The van der Waals surface area contributed by atoms with Crippen molar-refractivity contribution in [3.05, 3.63) is 53.4 Å². The molecule has 9 heteroatoms. The number of carbonyl (C=O) groups is 1. The van der Waals surface area contributed by atoms with Crippen LogP contribution in [0.5, 0.6) is 0 Å². The van der Waals surface area contributed by atoms with Crippen LogP contribution in [-0.2, 0) is 16.6 Å². The Morgan fingerprint density at radius 2 is 2.04 bits per heavy atom.